The minimum absolute atomic E-state index is 0.197. The third-order valence-electron chi connectivity index (χ3n) is 7.20. The molecule has 3 aliphatic rings. The Kier molecular flexibility index (Phi) is 5.48. The van der Waals surface area contributed by atoms with Gasteiger partial charge in [-0.2, -0.15) is 9.78 Å². The smallest absolute Gasteiger partial charge is 0.233 e. The Labute approximate surface area is 185 Å². The molecule has 2 aliphatic heterocycles. The molecule has 2 aromatic rings. The van der Waals surface area contributed by atoms with Crippen LogP contribution in [-0.4, -0.2) is 71.8 Å². The molecule has 5 rings (SSSR count). The molecule has 0 aromatic carbocycles. The molecule has 0 bridgehead atoms. The van der Waals surface area contributed by atoms with E-state index in [0.717, 1.165) is 54.6 Å². The molecular weight excluding hydrogens is 412 g/mol. The van der Waals surface area contributed by atoms with Gasteiger partial charge < -0.3 is 20.1 Å². The molecule has 1 unspecified atom stereocenters. The van der Waals surface area contributed by atoms with Gasteiger partial charge in [0.25, 0.3) is 0 Å². The van der Waals surface area contributed by atoms with Crippen LogP contribution in [0, 0.1) is 12.3 Å². The van der Waals surface area contributed by atoms with Gasteiger partial charge in [0.15, 0.2) is 12.1 Å². The molecule has 1 saturated carbocycles. The zero-order valence-electron chi connectivity index (χ0n) is 18.4. The van der Waals surface area contributed by atoms with Gasteiger partial charge in [0, 0.05) is 24.7 Å². The minimum atomic E-state index is -0.886. The number of likely N-dealkylation sites (tertiary alicyclic amines) is 1. The number of aromatic nitrogens is 6. The number of nitrogens with zero attached hydrogens (tertiary/aromatic N) is 7. The molecule has 32 heavy (non-hydrogen) atoms. The Morgan fingerprint density at radius 3 is 2.72 bits per heavy atom. The van der Waals surface area contributed by atoms with Crippen molar-refractivity contribution in [2.45, 2.75) is 64.8 Å². The van der Waals surface area contributed by atoms with Gasteiger partial charge in [-0.05, 0) is 68.0 Å². The lowest BCUT2D eigenvalue weighted by molar-refractivity contribution is -0.136. The van der Waals surface area contributed by atoms with E-state index in [0.29, 0.717) is 31.6 Å². The topological polar surface area (TPSA) is 131 Å². The van der Waals surface area contributed by atoms with Gasteiger partial charge in [-0.3, -0.25) is 4.79 Å². The molecule has 170 valence electrons. The van der Waals surface area contributed by atoms with Gasteiger partial charge in [0.1, 0.15) is 6.33 Å². The second-order valence-corrected chi connectivity index (χ2v) is 9.02. The molecule has 1 atom stereocenters. The first kappa shape index (κ1) is 21.1. The van der Waals surface area contributed by atoms with E-state index in [4.69, 9.17) is 4.74 Å². The molecule has 1 saturated heterocycles. The van der Waals surface area contributed by atoms with E-state index in [9.17, 15) is 9.90 Å². The second kappa shape index (κ2) is 8.30. The highest BCUT2D eigenvalue weighted by Crippen LogP contribution is 2.46. The van der Waals surface area contributed by atoms with Crippen LogP contribution in [0.1, 0.15) is 50.3 Å². The van der Waals surface area contributed by atoms with Crippen molar-refractivity contribution in [1.29, 1.82) is 0 Å². The molecule has 11 heteroatoms. The lowest BCUT2D eigenvalue weighted by Gasteiger charge is -2.36. The molecule has 11 nitrogen and oxygen atoms in total. The fraction of sp³-hybridized carbons (Fsp3) is 0.619. The predicted molar refractivity (Wildman–Crippen MR) is 112 cm³/mol. The second-order valence-electron chi connectivity index (χ2n) is 9.02. The summed E-state index contributed by atoms with van der Waals surface area (Å²) < 4.78 is 6.78. The van der Waals surface area contributed by atoms with Crippen LogP contribution in [0.5, 0.6) is 0 Å². The van der Waals surface area contributed by atoms with Crippen molar-refractivity contribution >= 4 is 5.91 Å². The first-order valence-electron chi connectivity index (χ1n) is 11.1. The third-order valence-corrected chi connectivity index (χ3v) is 7.20. The van der Waals surface area contributed by atoms with Crippen LogP contribution in [0.3, 0.4) is 0 Å². The highest BCUT2D eigenvalue weighted by molar-refractivity contribution is 5.86. The van der Waals surface area contributed by atoms with Gasteiger partial charge in [-0.25, -0.2) is 0 Å². The number of ether oxygens (including phenoxy) is 1. The standard InChI is InChI=1S/C21H28N8O3/c1-13-9-18(29-12-23-26-27-29)25-24-16(13)10-22-15-3-5-21(6-4-15)7-8-28(20(21)31)17-11-32-19(30)14(17)2/h9,12,15,19,22,30H,3-8,10-11H2,1-2H3. The van der Waals surface area contributed by atoms with Crippen molar-refractivity contribution in [3.63, 3.8) is 0 Å². The van der Waals surface area contributed by atoms with Crippen molar-refractivity contribution in [2.24, 2.45) is 5.41 Å². The number of tetrazole rings is 1. The van der Waals surface area contributed by atoms with Crippen molar-refractivity contribution in [3.05, 3.63) is 34.9 Å². The Morgan fingerprint density at radius 2 is 2.06 bits per heavy atom. The maximum atomic E-state index is 13.3. The summed E-state index contributed by atoms with van der Waals surface area (Å²) in [4.78, 5) is 15.1. The maximum Gasteiger partial charge on any atom is 0.233 e. The molecular formula is C21H28N8O3. The number of hydrogen-bond acceptors (Lipinski definition) is 9. The Morgan fingerprint density at radius 1 is 1.25 bits per heavy atom. The van der Waals surface area contributed by atoms with Crippen LogP contribution in [0.15, 0.2) is 23.7 Å². The molecule has 1 aliphatic carbocycles. The highest BCUT2D eigenvalue weighted by Gasteiger charge is 2.50. The monoisotopic (exact) mass is 440 g/mol. The van der Waals surface area contributed by atoms with Crippen LogP contribution in [0.4, 0.5) is 0 Å². The summed E-state index contributed by atoms with van der Waals surface area (Å²) in [5, 5.41) is 33.1. The van der Waals surface area contributed by atoms with Crippen molar-refractivity contribution in [3.8, 4) is 5.82 Å². The minimum Gasteiger partial charge on any atom is -0.364 e. The quantitative estimate of drug-likeness (QED) is 0.687. The summed E-state index contributed by atoms with van der Waals surface area (Å²) >= 11 is 0. The van der Waals surface area contributed by atoms with E-state index >= 15 is 0 Å². The molecule has 0 radical (unpaired) electrons. The molecule has 4 heterocycles. The van der Waals surface area contributed by atoms with E-state index in [-0.39, 0.29) is 11.3 Å². The van der Waals surface area contributed by atoms with Gasteiger partial charge in [0.2, 0.25) is 5.91 Å². The van der Waals surface area contributed by atoms with E-state index in [1.807, 2.05) is 24.8 Å². The molecule has 1 amide bonds. The third kappa shape index (κ3) is 3.70. The van der Waals surface area contributed by atoms with Crippen molar-refractivity contribution < 1.29 is 14.6 Å². The SMILES string of the molecule is CC1=C(N2CCC3(CCC(NCc4nnc(-n5cnnn5)cc4C)CC3)C2=O)COC1O. The zero-order valence-corrected chi connectivity index (χ0v) is 18.4. The number of hydrogen-bond donors (Lipinski definition) is 2. The highest BCUT2D eigenvalue weighted by atomic mass is 16.6. The van der Waals surface area contributed by atoms with Gasteiger partial charge in [0.05, 0.1) is 23.4 Å². The lowest BCUT2D eigenvalue weighted by atomic mass is 9.71. The fourth-order valence-electron chi connectivity index (χ4n) is 5.04. The summed E-state index contributed by atoms with van der Waals surface area (Å²) in [6, 6.07) is 2.27. The fourth-order valence-corrected chi connectivity index (χ4v) is 5.04. The predicted octanol–water partition coefficient (Wildman–Crippen LogP) is 0.634. The van der Waals surface area contributed by atoms with Crippen LogP contribution in [0.25, 0.3) is 5.82 Å². The van der Waals surface area contributed by atoms with Gasteiger partial charge in [-0.15, -0.1) is 10.2 Å². The van der Waals surface area contributed by atoms with Crippen LogP contribution in [-0.2, 0) is 16.1 Å². The zero-order chi connectivity index (χ0) is 22.3. The van der Waals surface area contributed by atoms with Crippen LogP contribution in [0.2, 0.25) is 0 Å². The molecule has 2 aromatic heterocycles. The Hall–Kier alpha value is -2.76. The van der Waals surface area contributed by atoms with E-state index in [1.165, 1.54) is 11.0 Å². The number of rotatable bonds is 5. The Bertz CT molecular complexity index is 1030. The van der Waals surface area contributed by atoms with E-state index in [2.05, 4.69) is 31.0 Å². The van der Waals surface area contributed by atoms with Crippen LogP contribution < -0.4 is 5.32 Å². The normalized spacial score (nSPS) is 28.3. The molecule has 2 N–H and O–H groups in total. The summed E-state index contributed by atoms with van der Waals surface area (Å²) in [5.74, 6) is 0.786. The average Bonchev–Trinajstić information content (AvgIpc) is 3.52. The van der Waals surface area contributed by atoms with E-state index < -0.39 is 6.29 Å². The summed E-state index contributed by atoms with van der Waals surface area (Å²) in [6.07, 6.45) is 5.12. The number of nitrogens with one attached hydrogen (secondary N) is 1. The van der Waals surface area contributed by atoms with Gasteiger partial charge in [-0.1, -0.05) is 0 Å². The number of aliphatic hydroxyl groups excluding tert-OH is 1. The van der Waals surface area contributed by atoms with Crippen molar-refractivity contribution in [2.75, 3.05) is 13.2 Å². The van der Waals surface area contributed by atoms with Crippen LogP contribution >= 0.6 is 0 Å². The molecule has 2 fully saturated rings. The number of carbonyl (C=O) groups excluding carboxylic acids is 1. The summed E-state index contributed by atoms with van der Waals surface area (Å²) in [7, 11) is 0. The summed E-state index contributed by atoms with van der Waals surface area (Å²) in [6.45, 7) is 5.50. The van der Waals surface area contributed by atoms with Crippen molar-refractivity contribution in [1.82, 2.24) is 40.6 Å². The summed E-state index contributed by atoms with van der Waals surface area (Å²) in [5.41, 5.74) is 3.25. The number of aliphatic hydroxyl groups is 1. The lowest BCUT2D eigenvalue weighted by Crippen LogP contribution is -2.42. The number of carbonyl (C=O) groups is 1. The Balaban J connectivity index is 1.17. The average molecular weight is 441 g/mol. The number of aryl methyl sites for hydroxylation is 1. The van der Waals surface area contributed by atoms with Gasteiger partial charge >= 0.3 is 0 Å². The van der Waals surface area contributed by atoms with E-state index in [1.54, 1.807) is 0 Å². The first-order valence-corrected chi connectivity index (χ1v) is 11.1. The largest absolute Gasteiger partial charge is 0.364 e. The first-order chi connectivity index (χ1) is 15.5. The number of amides is 1. The molecule has 1 spiro atoms. The maximum absolute atomic E-state index is 13.3.